The van der Waals surface area contributed by atoms with E-state index in [-0.39, 0.29) is 45.6 Å². The molecule has 0 N–H and O–H groups in total. The molecule has 0 aromatic carbocycles. The van der Waals surface area contributed by atoms with Crippen molar-refractivity contribution in [1.82, 2.24) is 19.5 Å². The van der Waals surface area contributed by atoms with Crippen molar-refractivity contribution in [2.75, 3.05) is 6.61 Å². The van der Waals surface area contributed by atoms with Crippen LogP contribution in [0.3, 0.4) is 0 Å². The molecule has 0 unspecified atom stereocenters. The Morgan fingerprint density at radius 2 is 1.65 bits per heavy atom. The van der Waals surface area contributed by atoms with Crippen molar-refractivity contribution in [2.45, 2.75) is 96.7 Å². The number of carbonyl (C=O) groups excluding carboxylic acids is 1. The van der Waals surface area contributed by atoms with Crippen LogP contribution in [0.2, 0.25) is 27.3 Å². The molecule has 0 amide bonds. The summed E-state index contributed by atoms with van der Waals surface area (Å²) in [4.78, 5) is 25.0. The number of hydrogen-bond donors (Lipinski definition) is 0. The zero-order valence-corrected chi connectivity index (χ0v) is 25.7. The van der Waals surface area contributed by atoms with Gasteiger partial charge in [-0.15, -0.1) is 0 Å². The van der Waals surface area contributed by atoms with Crippen LogP contribution in [0.25, 0.3) is 17.0 Å². The summed E-state index contributed by atoms with van der Waals surface area (Å²) in [7, 11) is -5.74. The molecule has 0 spiro atoms. The third-order valence-electron chi connectivity index (χ3n) is 7.15. The van der Waals surface area contributed by atoms with Gasteiger partial charge in [-0.05, 0) is 22.2 Å². The first-order valence-electron chi connectivity index (χ1n) is 12.8. The van der Waals surface area contributed by atoms with Crippen molar-refractivity contribution in [3.63, 3.8) is 0 Å². The van der Waals surface area contributed by atoms with E-state index in [1.54, 1.807) is 4.57 Å². The van der Waals surface area contributed by atoms with Gasteiger partial charge in [-0.1, -0.05) is 67.0 Å². The average Bonchev–Trinajstić information content (AvgIpc) is 3.35. The van der Waals surface area contributed by atoms with Crippen LogP contribution in [0.1, 0.15) is 62.3 Å². The van der Waals surface area contributed by atoms with Crippen molar-refractivity contribution in [2.24, 2.45) is 0 Å². The van der Waals surface area contributed by atoms with Gasteiger partial charge in [0.2, 0.25) is 5.88 Å². The summed E-state index contributed by atoms with van der Waals surface area (Å²) in [6, 6.07) is 0. The number of fused-ring (bicyclic) bond motifs is 2. The monoisotopic (exact) mass is 568 g/mol. The normalized spacial score (nSPS) is 23.5. The van der Waals surface area contributed by atoms with Gasteiger partial charge in [0.15, 0.2) is 28.8 Å². The Balaban J connectivity index is 1.90. The van der Waals surface area contributed by atoms with Crippen LogP contribution in [0.4, 0.5) is 0 Å². The number of nitrogens with zero attached hydrogens (tertiary/aromatic N) is 4. The molecule has 204 valence electrons. The predicted octanol–water partition coefficient (Wildman–Crippen LogP) is 5.52. The lowest BCUT2D eigenvalue weighted by Gasteiger charge is -2.51. The maximum absolute atomic E-state index is 12.3. The molecule has 0 radical (unpaired) electrons. The summed E-state index contributed by atoms with van der Waals surface area (Å²) in [5, 5.41) is 0.214. The van der Waals surface area contributed by atoms with E-state index in [4.69, 9.17) is 34.0 Å². The van der Waals surface area contributed by atoms with Gasteiger partial charge in [0.1, 0.15) is 18.2 Å². The fourth-order valence-electron chi connectivity index (χ4n) is 5.32. The van der Waals surface area contributed by atoms with Crippen LogP contribution in [0.5, 0.6) is 0 Å². The maximum Gasteiger partial charge on any atom is 0.335 e. The number of aromatic nitrogens is 4. The Kier molecular flexibility index (Phi) is 7.91. The van der Waals surface area contributed by atoms with Crippen LogP contribution in [0, 0.1) is 0 Å². The van der Waals surface area contributed by atoms with Crippen LogP contribution >= 0.6 is 11.6 Å². The van der Waals surface area contributed by atoms with Gasteiger partial charge >= 0.3 is 23.1 Å². The van der Waals surface area contributed by atoms with Gasteiger partial charge in [0, 0.05) is 6.92 Å². The molecule has 0 aliphatic carbocycles. The van der Waals surface area contributed by atoms with Crippen molar-refractivity contribution < 1.29 is 27.2 Å². The van der Waals surface area contributed by atoms with Gasteiger partial charge < -0.3 is 22.4 Å². The maximum atomic E-state index is 12.3. The lowest BCUT2D eigenvalue weighted by Crippen LogP contribution is -2.65. The highest BCUT2D eigenvalue weighted by Crippen LogP contribution is 2.48. The SMILES string of the molecule is CC(=O)OC1=C(n2cnc3c(Cl)ncnc32)O[C@@H]2CO[Si](C(C)C)(C(C)C)O[Si](C(C)C)(C(C)C)O[C@@H]12. The van der Waals surface area contributed by atoms with Gasteiger partial charge in [-0.3, -0.25) is 4.79 Å². The fourth-order valence-corrected chi connectivity index (χ4v) is 16.6. The molecule has 2 aliphatic rings. The summed E-state index contributed by atoms with van der Waals surface area (Å²) in [5.41, 5.74) is 1.41. The minimum atomic E-state index is -2.98. The number of rotatable bonds is 6. The van der Waals surface area contributed by atoms with Crippen molar-refractivity contribution in [3.8, 4) is 0 Å². The Bertz CT molecular complexity index is 1190. The van der Waals surface area contributed by atoms with Crippen LogP contribution in [-0.4, -0.2) is 61.4 Å². The topological polar surface area (TPSA) is 107 Å². The largest absolute Gasteiger partial charge is 0.467 e. The van der Waals surface area contributed by atoms with E-state index in [9.17, 15) is 4.79 Å². The Morgan fingerprint density at radius 3 is 2.22 bits per heavy atom. The molecule has 1 saturated heterocycles. The molecule has 1 fully saturated rings. The minimum absolute atomic E-state index is 0.0995. The number of halogens is 1. The molecular weight excluding hydrogens is 532 g/mol. The van der Waals surface area contributed by atoms with E-state index in [1.165, 1.54) is 19.6 Å². The van der Waals surface area contributed by atoms with E-state index in [1.807, 2.05) is 0 Å². The second kappa shape index (κ2) is 10.4. The summed E-state index contributed by atoms with van der Waals surface area (Å²) in [5.74, 6) is 0.0284. The highest BCUT2D eigenvalue weighted by atomic mass is 35.5. The van der Waals surface area contributed by atoms with Crippen molar-refractivity contribution >= 4 is 51.7 Å². The van der Waals surface area contributed by atoms with E-state index >= 15 is 0 Å². The first kappa shape index (κ1) is 28.2. The summed E-state index contributed by atoms with van der Waals surface area (Å²) < 4.78 is 35.0. The highest BCUT2D eigenvalue weighted by Gasteiger charge is 2.61. The van der Waals surface area contributed by atoms with Gasteiger partial charge in [-0.25, -0.2) is 19.5 Å². The number of imidazole rings is 1. The van der Waals surface area contributed by atoms with Crippen molar-refractivity contribution in [3.05, 3.63) is 23.6 Å². The first-order chi connectivity index (χ1) is 17.3. The molecule has 37 heavy (non-hydrogen) atoms. The van der Waals surface area contributed by atoms with Crippen molar-refractivity contribution in [1.29, 1.82) is 0 Å². The number of hydrogen-bond acceptors (Lipinski definition) is 9. The molecule has 0 bridgehead atoms. The zero-order chi connectivity index (χ0) is 27.3. The van der Waals surface area contributed by atoms with Crippen LogP contribution in [0.15, 0.2) is 18.4 Å². The molecule has 2 aromatic heterocycles. The third-order valence-corrected chi connectivity index (χ3v) is 17.7. The second-order valence-corrected chi connectivity index (χ2v) is 20.1. The molecule has 2 atom stereocenters. The molecule has 4 rings (SSSR count). The summed E-state index contributed by atoms with van der Waals surface area (Å²) in [6.45, 7) is 18.8. The Labute approximate surface area is 225 Å². The van der Waals surface area contributed by atoms with E-state index in [0.717, 1.165) is 0 Å². The Morgan fingerprint density at radius 1 is 1.03 bits per heavy atom. The number of carbonyl (C=O) groups is 1. The lowest BCUT2D eigenvalue weighted by molar-refractivity contribution is -0.138. The number of ether oxygens (including phenoxy) is 2. The molecule has 2 aromatic rings. The van der Waals surface area contributed by atoms with E-state index in [0.29, 0.717) is 11.2 Å². The molecule has 2 aliphatic heterocycles. The van der Waals surface area contributed by atoms with E-state index < -0.39 is 35.3 Å². The fraction of sp³-hybridized carbons (Fsp3) is 0.667. The van der Waals surface area contributed by atoms with Gasteiger partial charge in [0.25, 0.3) is 0 Å². The minimum Gasteiger partial charge on any atom is -0.467 e. The van der Waals surface area contributed by atoms with Gasteiger partial charge in [-0.2, -0.15) is 0 Å². The second-order valence-electron chi connectivity index (χ2n) is 10.9. The van der Waals surface area contributed by atoms with E-state index in [2.05, 4.69) is 70.3 Å². The molecular formula is C24H37ClN4O6Si2. The summed E-state index contributed by atoms with van der Waals surface area (Å²) >= 11 is 6.24. The predicted molar refractivity (Wildman–Crippen MR) is 144 cm³/mol. The molecule has 13 heteroatoms. The highest BCUT2D eigenvalue weighted by molar-refractivity contribution is 6.84. The third kappa shape index (κ3) is 4.76. The van der Waals surface area contributed by atoms with Crippen LogP contribution in [-0.2, 0) is 27.2 Å². The lowest BCUT2D eigenvalue weighted by atomic mass is 10.2. The zero-order valence-electron chi connectivity index (χ0n) is 22.9. The smallest absolute Gasteiger partial charge is 0.335 e. The Hall–Kier alpha value is -1.84. The molecule has 10 nitrogen and oxygen atoms in total. The summed E-state index contributed by atoms with van der Waals surface area (Å²) in [6.07, 6.45) is 1.60. The number of esters is 1. The van der Waals surface area contributed by atoms with Crippen LogP contribution < -0.4 is 0 Å². The first-order valence-corrected chi connectivity index (χ1v) is 17.1. The molecule has 4 heterocycles. The molecule has 0 saturated carbocycles. The average molecular weight is 569 g/mol. The quantitative estimate of drug-likeness (QED) is 0.253. The standard InChI is InChI=1S/C24H37ClN4O6Si2/c1-13(2)36(14(3)4)31-10-18-20(34-37(35-36,15(5)6)16(7)8)21(32-17(9)30)24(33-18)29-12-28-19-22(25)26-11-27-23(19)29/h11-16,18,20H,10H2,1-9H3/t18-,20-/m1/s1. The van der Waals surface area contributed by atoms with Gasteiger partial charge in [0.05, 0.1) is 6.61 Å².